The zero-order valence-corrected chi connectivity index (χ0v) is 10.0. The van der Waals surface area contributed by atoms with Crippen molar-refractivity contribution < 1.29 is 9.52 Å². The number of furan rings is 1. The summed E-state index contributed by atoms with van der Waals surface area (Å²) in [6, 6.07) is 3.56. The molecule has 13 heavy (non-hydrogen) atoms. The molecule has 1 rings (SSSR count). The fraction of sp³-hybridized carbons (Fsp3) is 0.500. The van der Waals surface area contributed by atoms with E-state index in [9.17, 15) is 5.11 Å². The molecule has 0 bridgehead atoms. The summed E-state index contributed by atoms with van der Waals surface area (Å²) in [6.45, 7) is 0. The largest absolute Gasteiger partial charge is 0.449 e. The minimum Gasteiger partial charge on any atom is -0.449 e. The standard InChI is InChI=1S/C8H10BrClO2S/c9-3-6(11)4-13-5-7-1-2-8(10)12-7/h1-2,6,11H,3-5H2. The van der Waals surface area contributed by atoms with E-state index in [-0.39, 0.29) is 6.10 Å². The Morgan fingerprint density at radius 2 is 2.38 bits per heavy atom. The lowest BCUT2D eigenvalue weighted by Gasteiger charge is -2.04. The number of aliphatic hydroxyl groups excluding tert-OH is 1. The van der Waals surface area contributed by atoms with E-state index in [4.69, 9.17) is 16.0 Å². The first kappa shape index (κ1) is 11.4. The average Bonchev–Trinajstić information content (AvgIpc) is 2.51. The van der Waals surface area contributed by atoms with Gasteiger partial charge in [-0.1, -0.05) is 15.9 Å². The molecule has 2 nitrogen and oxygen atoms in total. The van der Waals surface area contributed by atoms with Gasteiger partial charge < -0.3 is 9.52 Å². The Morgan fingerprint density at radius 1 is 1.62 bits per heavy atom. The van der Waals surface area contributed by atoms with Crippen molar-refractivity contribution >= 4 is 39.3 Å². The Kier molecular flexibility index (Phi) is 5.24. The van der Waals surface area contributed by atoms with Gasteiger partial charge in [0, 0.05) is 11.1 Å². The van der Waals surface area contributed by atoms with Gasteiger partial charge in [-0.05, 0) is 23.7 Å². The second-order valence-corrected chi connectivity index (χ2v) is 4.58. The van der Waals surface area contributed by atoms with Crippen LogP contribution in [0.4, 0.5) is 0 Å². The molecule has 0 aliphatic heterocycles. The van der Waals surface area contributed by atoms with Crippen molar-refractivity contribution in [1.82, 2.24) is 0 Å². The lowest BCUT2D eigenvalue weighted by molar-refractivity contribution is 0.226. The van der Waals surface area contributed by atoms with Crippen molar-refractivity contribution in [3.8, 4) is 0 Å². The van der Waals surface area contributed by atoms with E-state index in [2.05, 4.69) is 15.9 Å². The molecule has 0 saturated heterocycles. The lowest BCUT2D eigenvalue weighted by Crippen LogP contribution is -2.10. The van der Waals surface area contributed by atoms with E-state index < -0.39 is 0 Å². The molecule has 0 radical (unpaired) electrons. The van der Waals surface area contributed by atoms with Crippen LogP contribution in [0.15, 0.2) is 16.5 Å². The molecule has 0 aromatic carbocycles. The SMILES string of the molecule is OC(CBr)CSCc1ccc(Cl)o1. The average molecular weight is 286 g/mol. The third-order valence-corrected chi connectivity index (χ3v) is 3.42. The lowest BCUT2D eigenvalue weighted by atomic mass is 10.5. The second-order valence-electron chi connectivity index (χ2n) is 2.53. The van der Waals surface area contributed by atoms with Crippen LogP contribution >= 0.6 is 39.3 Å². The summed E-state index contributed by atoms with van der Waals surface area (Å²) in [4.78, 5) is 0. The maximum absolute atomic E-state index is 9.22. The molecular weight excluding hydrogens is 276 g/mol. The summed E-state index contributed by atoms with van der Waals surface area (Å²) in [7, 11) is 0. The van der Waals surface area contributed by atoms with Crippen molar-refractivity contribution in [3.05, 3.63) is 23.1 Å². The fourth-order valence-electron chi connectivity index (χ4n) is 0.769. The molecule has 5 heteroatoms. The number of hydrogen-bond donors (Lipinski definition) is 1. The van der Waals surface area contributed by atoms with Gasteiger partial charge >= 0.3 is 0 Å². The van der Waals surface area contributed by atoms with E-state index in [0.29, 0.717) is 16.3 Å². The second kappa shape index (κ2) is 5.96. The summed E-state index contributed by atoms with van der Waals surface area (Å²) < 4.78 is 5.15. The van der Waals surface area contributed by atoms with Gasteiger partial charge in [-0.2, -0.15) is 11.8 Å². The third kappa shape index (κ3) is 4.40. The number of alkyl halides is 1. The highest BCUT2D eigenvalue weighted by atomic mass is 79.9. The minimum absolute atomic E-state index is 0.296. The van der Waals surface area contributed by atoms with Gasteiger partial charge in [-0.3, -0.25) is 0 Å². The fourth-order valence-corrected chi connectivity index (χ4v) is 2.33. The number of aliphatic hydroxyl groups is 1. The van der Waals surface area contributed by atoms with Crippen molar-refractivity contribution in [1.29, 1.82) is 0 Å². The van der Waals surface area contributed by atoms with Crippen LogP contribution in [0.2, 0.25) is 5.22 Å². The van der Waals surface area contributed by atoms with Crippen LogP contribution in [0.25, 0.3) is 0 Å². The van der Waals surface area contributed by atoms with E-state index >= 15 is 0 Å². The van der Waals surface area contributed by atoms with Crippen molar-refractivity contribution in [2.45, 2.75) is 11.9 Å². The van der Waals surface area contributed by atoms with E-state index in [1.165, 1.54) is 0 Å². The normalized spacial score (nSPS) is 13.2. The highest BCUT2D eigenvalue weighted by molar-refractivity contribution is 9.09. The molecule has 1 aromatic heterocycles. The molecule has 0 aliphatic carbocycles. The zero-order chi connectivity index (χ0) is 9.68. The Bertz CT molecular complexity index is 254. The molecule has 1 heterocycles. The first-order valence-corrected chi connectivity index (χ1v) is 6.43. The van der Waals surface area contributed by atoms with Crippen LogP contribution < -0.4 is 0 Å². The van der Waals surface area contributed by atoms with E-state index in [1.807, 2.05) is 6.07 Å². The summed E-state index contributed by atoms with van der Waals surface area (Å²) in [5.41, 5.74) is 0. The first-order chi connectivity index (χ1) is 6.22. The Morgan fingerprint density at radius 3 is 2.92 bits per heavy atom. The highest BCUT2D eigenvalue weighted by Gasteiger charge is 2.03. The summed E-state index contributed by atoms with van der Waals surface area (Å²) in [6.07, 6.45) is -0.296. The van der Waals surface area contributed by atoms with Gasteiger partial charge in [0.05, 0.1) is 11.9 Å². The minimum atomic E-state index is -0.296. The first-order valence-electron chi connectivity index (χ1n) is 3.78. The van der Waals surface area contributed by atoms with Crippen molar-refractivity contribution in [2.24, 2.45) is 0 Å². The maximum Gasteiger partial charge on any atom is 0.193 e. The van der Waals surface area contributed by atoms with Gasteiger partial charge in [0.25, 0.3) is 0 Å². The predicted octanol–water partition coefficient (Wildman–Crippen LogP) is 2.92. The number of rotatable bonds is 5. The molecule has 0 aliphatic rings. The van der Waals surface area contributed by atoms with E-state index in [1.54, 1.807) is 17.8 Å². The highest BCUT2D eigenvalue weighted by Crippen LogP contribution is 2.19. The van der Waals surface area contributed by atoms with Gasteiger partial charge in [-0.25, -0.2) is 0 Å². The van der Waals surface area contributed by atoms with Crippen LogP contribution in [-0.4, -0.2) is 22.3 Å². The molecule has 0 fully saturated rings. The zero-order valence-electron chi connectivity index (χ0n) is 6.87. The van der Waals surface area contributed by atoms with E-state index in [0.717, 1.165) is 11.5 Å². The number of thioether (sulfide) groups is 1. The molecule has 0 saturated carbocycles. The summed E-state index contributed by atoms with van der Waals surface area (Å²) >= 11 is 10.4. The Labute approximate surface area is 94.8 Å². The van der Waals surface area contributed by atoms with Crippen molar-refractivity contribution in [2.75, 3.05) is 11.1 Å². The van der Waals surface area contributed by atoms with Gasteiger partial charge in [0.15, 0.2) is 5.22 Å². The van der Waals surface area contributed by atoms with Crippen LogP contribution in [0.3, 0.4) is 0 Å². The molecule has 1 atom stereocenters. The molecule has 1 aromatic rings. The maximum atomic E-state index is 9.22. The molecule has 0 amide bonds. The molecule has 1 N–H and O–H groups in total. The van der Waals surface area contributed by atoms with Gasteiger partial charge in [0.2, 0.25) is 0 Å². The third-order valence-electron chi connectivity index (χ3n) is 1.36. The van der Waals surface area contributed by atoms with Crippen LogP contribution in [-0.2, 0) is 5.75 Å². The summed E-state index contributed by atoms with van der Waals surface area (Å²) in [5.74, 6) is 2.29. The topological polar surface area (TPSA) is 33.4 Å². The Balaban J connectivity index is 2.20. The molecule has 0 spiro atoms. The Hall–Kier alpha value is 0.360. The molecule has 74 valence electrons. The monoisotopic (exact) mass is 284 g/mol. The molecular formula is C8H10BrClO2S. The summed E-state index contributed by atoms with van der Waals surface area (Å²) in [5, 5.41) is 10.2. The van der Waals surface area contributed by atoms with Crippen LogP contribution in [0.1, 0.15) is 5.76 Å². The van der Waals surface area contributed by atoms with Gasteiger partial charge in [0.1, 0.15) is 5.76 Å². The van der Waals surface area contributed by atoms with Gasteiger partial charge in [-0.15, -0.1) is 0 Å². The predicted molar refractivity (Wildman–Crippen MR) is 59.7 cm³/mol. The number of hydrogen-bond acceptors (Lipinski definition) is 3. The van der Waals surface area contributed by atoms with Crippen LogP contribution in [0.5, 0.6) is 0 Å². The number of halogens is 2. The quantitative estimate of drug-likeness (QED) is 0.845. The van der Waals surface area contributed by atoms with Crippen LogP contribution in [0, 0.1) is 0 Å². The smallest absolute Gasteiger partial charge is 0.193 e. The van der Waals surface area contributed by atoms with Crippen molar-refractivity contribution in [3.63, 3.8) is 0 Å². The molecule has 1 unspecified atom stereocenters.